The maximum atomic E-state index is 11.7. The van der Waals surface area contributed by atoms with Gasteiger partial charge in [-0.15, -0.1) is 11.3 Å². The lowest BCUT2D eigenvalue weighted by molar-refractivity contribution is 0.250. The van der Waals surface area contributed by atoms with Crippen LogP contribution in [0.3, 0.4) is 0 Å². The Kier molecular flexibility index (Phi) is 8.25. The largest absolute Gasteiger partial charge is 0.357 e. The second-order valence-electron chi connectivity index (χ2n) is 6.75. The molecule has 0 radical (unpaired) electrons. The van der Waals surface area contributed by atoms with Crippen LogP contribution < -0.4 is 21.3 Å². The van der Waals surface area contributed by atoms with E-state index in [1.54, 1.807) is 11.3 Å². The van der Waals surface area contributed by atoms with E-state index in [1.165, 1.54) is 4.88 Å². The average molecular weight is 403 g/mol. The van der Waals surface area contributed by atoms with Crippen molar-refractivity contribution in [3.8, 4) is 0 Å². The van der Waals surface area contributed by atoms with Gasteiger partial charge in [0.2, 0.25) is 0 Å². The number of anilines is 1. The van der Waals surface area contributed by atoms with E-state index in [2.05, 4.69) is 38.2 Å². The molecule has 0 saturated heterocycles. The SMILES string of the molecule is CCNC(=NCc1ccc(NC(=O)NC(C)C)cc1)NCc1nc(C)c(C)s1. The minimum atomic E-state index is -0.202. The predicted molar refractivity (Wildman–Crippen MR) is 117 cm³/mol. The Bertz CT molecular complexity index is 778. The minimum Gasteiger partial charge on any atom is -0.357 e. The van der Waals surface area contributed by atoms with Crippen LogP contribution in [-0.4, -0.2) is 29.6 Å². The number of aliphatic imine (C=N–C) groups is 1. The summed E-state index contributed by atoms with van der Waals surface area (Å²) in [6.07, 6.45) is 0. The molecule has 2 aromatic rings. The second-order valence-corrected chi connectivity index (χ2v) is 8.04. The molecule has 0 aliphatic heterocycles. The number of aromatic nitrogens is 1. The summed E-state index contributed by atoms with van der Waals surface area (Å²) in [6.45, 7) is 12.0. The van der Waals surface area contributed by atoms with Crippen molar-refractivity contribution in [3.05, 3.63) is 45.4 Å². The highest BCUT2D eigenvalue weighted by atomic mass is 32.1. The van der Waals surface area contributed by atoms with E-state index < -0.39 is 0 Å². The smallest absolute Gasteiger partial charge is 0.319 e. The second kappa shape index (κ2) is 10.7. The number of nitrogens with zero attached hydrogens (tertiary/aromatic N) is 2. The number of carbonyl (C=O) groups is 1. The standard InChI is InChI=1S/C20H30N6OS/c1-6-21-19(23-12-18-25-14(4)15(5)28-18)22-11-16-7-9-17(10-8-16)26-20(27)24-13(2)3/h7-10,13H,6,11-12H2,1-5H3,(H2,21,22,23)(H2,24,26,27). The molecule has 0 bridgehead atoms. The van der Waals surface area contributed by atoms with Crippen LogP contribution in [0.15, 0.2) is 29.3 Å². The van der Waals surface area contributed by atoms with Crippen LogP contribution in [0.5, 0.6) is 0 Å². The van der Waals surface area contributed by atoms with Gasteiger partial charge in [-0.25, -0.2) is 14.8 Å². The number of rotatable bonds is 7. The maximum Gasteiger partial charge on any atom is 0.319 e. The summed E-state index contributed by atoms with van der Waals surface area (Å²) in [5.74, 6) is 0.756. The lowest BCUT2D eigenvalue weighted by Crippen LogP contribution is -2.36. The van der Waals surface area contributed by atoms with Crippen molar-refractivity contribution in [2.45, 2.75) is 53.8 Å². The first kappa shape index (κ1) is 21.7. The highest BCUT2D eigenvalue weighted by molar-refractivity contribution is 7.11. The van der Waals surface area contributed by atoms with Crippen molar-refractivity contribution in [1.82, 2.24) is 20.9 Å². The molecule has 152 valence electrons. The van der Waals surface area contributed by atoms with Crippen LogP contribution >= 0.6 is 11.3 Å². The molecule has 8 heteroatoms. The van der Waals surface area contributed by atoms with Crippen molar-refractivity contribution in [2.75, 3.05) is 11.9 Å². The van der Waals surface area contributed by atoms with Crippen molar-refractivity contribution in [3.63, 3.8) is 0 Å². The first-order valence-corrected chi connectivity index (χ1v) is 10.3. The Morgan fingerprint density at radius 1 is 1.18 bits per heavy atom. The highest BCUT2D eigenvalue weighted by Gasteiger charge is 2.06. The van der Waals surface area contributed by atoms with Crippen molar-refractivity contribution in [1.29, 1.82) is 0 Å². The van der Waals surface area contributed by atoms with E-state index in [4.69, 9.17) is 0 Å². The Balaban J connectivity index is 1.91. The van der Waals surface area contributed by atoms with Crippen molar-refractivity contribution >= 4 is 29.0 Å². The molecule has 28 heavy (non-hydrogen) atoms. The molecule has 1 aromatic carbocycles. The molecule has 0 saturated carbocycles. The van der Waals surface area contributed by atoms with Crippen LogP contribution in [0.2, 0.25) is 0 Å². The number of amides is 2. The Labute approximate surface area is 171 Å². The van der Waals surface area contributed by atoms with Gasteiger partial charge in [0.1, 0.15) is 5.01 Å². The first-order valence-electron chi connectivity index (χ1n) is 9.49. The number of guanidine groups is 1. The molecule has 2 amide bonds. The molecule has 1 heterocycles. The summed E-state index contributed by atoms with van der Waals surface area (Å²) in [7, 11) is 0. The van der Waals surface area contributed by atoms with Gasteiger partial charge in [-0.05, 0) is 52.3 Å². The lowest BCUT2D eigenvalue weighted by Gasteiger charge is -2.11. The number of carbonyl (C=O) groups excluding carboxylic acids is 1. The van der Waals surface area contributed by atoms with Crippen molar-refractivity contribution in [2.24, 2.45) is 4.99 Å². The number of thiazole rings is 1. The van der Waals surface area contributed by atoms with Crippen LogP contribution in [-0.2, 0) is 13.1 Å². The fourth-order valence-electron chi connectivity index (χ4n) is 2.41. The van der Waals surface area contributed by atoms with Gasteiger partial charge in [0.15, 0.2) is 5.96 Å². The molecule has 1 aromatic heterocycles. The minimum absolute atomic E-state index is 0.0998. The number of urea groups is 1. The molecular formula is C20H30N6OS. The third-order valence-electron chi connectivity index (χ3n) is 3.88. The highest BCUT2D eigenvalue weighted by Crippen LogP contribution is 2.16. The molecular weight excluding hydrogens is 372 g/mol. The summed E-state index contributed by atoms with van der Waals surface area (Å²) in [5.41, 5.74) is 2.90. The van der Waals surface area contributed by atoms with Crippen LogP contribution in [0, 0.1) is 13.8 Å². The fourth-order valence-corrected chi connectivity index (χ4v) is 3.28. The van der Waals surface area contributed by atoms with Gasteiger partial charge in [-0.1, -0.05) is 12.1 Å². The zero-order valence-corrected chi connectivity index (χ0v) is 18.0. The van der Waals surface area contributed by atoms with Gasteiger partial charge in [-0.3, -0.25) is 0 Å². The number of aryl methyl sites for hydroxylation is 2. The molecule has 0 spiro atoms. The first-order chi connectivity index (χ1) is 13.4. The quantitative estimate of drug-likeness (QED) is 0.421. The molecule has 2 rings (SSSR count). The number of hydrogen-bond donors (Lipinski definition) is 4. The normalized spacial score (nSPS) is 11.4. The van der Waals surface area contributed by atoms with Crippen LogP contribution in [0.4, 0.5) is 10.5 Å². The molecule has 0 atom stereocenters. The van der Waals surface area contributed by atoms with Gasteiger partial charge >= 0.3 is 6.03 Å². The maximum absolute atomic E-state index is 11.7. The molecule has 0 aliphatic carbocycles. The van der Waals surface area contributed by atoms with E-state index in [9.17, 15) is 4.79 Å². The van der Waals surface area contributed by atoms with Crippen LogP contribution in [0.25, 0.3) is 0 Å². The van der Waals surface area contributed by atoms with Gasteiger partial charge in [-0.2, -0.15) is 0 Å². The molecule has 0 fully saturated rings. The van der Waals surface area contributed by atoms with Gasteiger partial charge in [0, 0.05) is 23.2 Å². The summed E-state index contributed by atoms with van der Waals surface area (Å²) in [6, 6.07) is 7.59. The summed E-state index contributed by atoms with van der Waals surface area (Å²) < 4.78 is 0. The lowest BCUT2D eigenvalue weighted by atomic mass is 10.2. The van der Waals surface area contributed by atoms with Crippen LogP contribution in [0.1, 0.15) is 41.9 Å². The van der Waals surface area contributed by atoms with E-state index in [-0.39, 0.29) is 12.1 Å². The third-order valence-corrected chi connectivity index (χ3v) is 4.95. The van der Waals surface area contributed by atoms with E-state index in [0.29, 0.717) is 13.1 Å². The summed E-state index contributed by atoms with van der Waals surface area (Å²) in [4.78, 5) is 22.2. The van der Waals surface area contributed by atoms with Crippen molar-refractivity contribution < 1.29 is 4.79 Å². The zero-order valence-electron chi connectivity index (χ0n) is 17.2. The number of nitrogens with one attached hydrogen (secondary N) is 4. The predicted octanol–water partition coefficient (Wildman–Crippen LogP) is 3.55. The Hall–Kier alpha value is -2.61. The molecule has 4 N–H and O–H groups in total. The molecule has 0 aliphatic rings. The Morgan fingerprint density at radius 2 is 1.89 bits per heavy atom. The average Bonchev–Trinajstić information content (AvgIpc) is 2.96. The molecule has 7 nitrogen and oxygen atoms in total. The topological polar surface area (TPSA) is 90.4 Å². The summed E-state index contributed by atoms with van der Waals surface area (Å²) >= 11 is 1.70. The monoisotopic (exact) mass is 402 g/mol. The van der Waals surface area contributed by atoms with E-state index in [0.717, 1.165) is 34.5 Å². The van der Waals surface area contributed by atoms with Gasteiger partial charge < -0.3 is 21.3 Å². The Morgan fingerprint density at radius 3 is 2.46 bits per heavy atom. The third kappa shape index (κ3) is 7.19. The van der Waals surface area contributed by atoms with E-state index >= 15 is 0 Å². The van der Waals surface area contributed by atoms with Gasteiger partial charge in [0.25, 0.3) is 0 Å². The fraction of sp³-hybridized carbons (Fsp3) is 0.450. The summed E-state index contributed by atoms with van der Waals surface area (Å²) in [5, 5.41) is 13.2. The molecule has 0 unspecified atom stereocenters. The van der Waals surface area contributed by atoms with E-state index in [1.807, 2.05) is 52.0 Å². The zero-order chi connectivity index (χ0) is 20.5. The number of hydrogen-bond acceptors (Lipinski definition) is 4. The number of benzene rings is 1. The van der Waals surface area contributed by atoms with Gasteiger partial charge in [0.05, 0.1) is 18.8 Å².